The largest absolute Gasteiger partial charge is 0.297 e. The standard InChI is InChI=1S/C16H29N3/c1-6-13-10-9-11-14(12-13)15(18-17)16(4,5)19(7-2)8-3/h9-12,15,18H,6-8,17H2,1-5H3. The molecule has 0 aromatic heterocycles. The van der Waals surface area contributed by atoms with Crippen LogP contribution in [-0.4, -0.2) is 23.5 Å². The lowest BCUT2D eigenvalue weighted by Gasteiger charge is -2.43. The molecule has 3 nitrogen and oxygen atoms in total. The minimum absolute atomic E-state index is 0.0232. The summed E-state index contributed by atoms with van der Waals surface area (Å²) in [6.45, 7) is 13.1. The third kappa shape index (κ3) is 3.56. The fourth-order valence-corrected chi connectivity index (χ4v) is 2.92. The van der Waals surface area contributed by atoms with E-state index in [1.807, 2.05) is 0 Å². The van der Waals surface area contributed by atoms with Crippen molar-refractivity contribution in [2.45, 2.75) is 52.6 Å². The third-order valence-electron chi connectivity index (χ3n) is 4.14. The van der Waals surface area contributed by atoms with Crippen molar-refractivity contribution in [3.63, 3.8) is 0 Å². The molecule has 19 heavy (non-hydrogen) atoms. The zero-order valence-electron chi connectivity index (χ0n) is 13.0. The highest BCUT2D eigenvalue weighted by atomic mass is 15.3. The Kier molecular flexibility index (Phi) is 5.98. The van der Waals surface area contributed by atoms with Gasteiger partial charge < -0.3 is 0 Å². The molecule has 0 heterocycles. The number of hydrogen-bond acceptors (Lipinski definition) is 3. The monoisotopic (exact) mass is 263 g/mol. The number of hydrogen-bond donors (Lipinski definition) is 2. The summed E-state index contributed by atoms with van der Waals surface area (Å²) in [5.41, 5.74) is 5.61. The van der Waals surface area contributed by atoms with Crippen molar-refractivity contribution in [3.05, 3.63) is 35.4 Å². The van der Waals surface area contributed by atoms with Gasteiger partial charge in [0.15, 0.2) is 0 Å². The van der Waals surface area contributed by atoms with Gasteiger partial charge in [0.2, 0.25) is 0 Å². The number of hydrazine groups is 1. The first kappa shape index (κ1) is 16.2. The fourth-order valence-electron chi connectivity index (χ4n) is 2.92. The molecule has 1 atom stereocenters. The van der Waals surface area contributed by atoms with Gasteiger partial charge in [-0.15, -0.1) is 0 Å². The van der Waals surface area contributed by atoms with E-state index in [1.54, 1.807) is 0 Å². The fraction of sp³-hybridized carbons (Fsp3) is 0.625. The Balaban J connectivity index is 3.10. The van der Waals surface area contributed by atoms with Crippen LogP contribution in [0.2, 0.25) is 0 Å². The zero-order valence-corrected chi connectivity index (χ0v) is 13.0. The number of nitrogens with one attached hydrogen (secondary N) is 1. The van der Waals surface area contributed by atoms with Gasteiger partial charge in [-0.3, -0.25) is 16.2 Å². The number of likely N-dealkylation sites (N-methyl/N-ethyl adjacent to an activating group) is 1. The molecule has 1 aromatic carbocycles. The SMILES string of the molecule is CCc1cccc(C(NN)C(C)(C)N(CC)CC)c1. The molecule has 0 radical (unpaired) electrons. The molecule has 3 N–H and O–H groups in total. The Morgan fingerprint density at radius 2 is 1.84 bits per heavy atom. The van der Waals surface area contributed by atoms with Crippen molar-refractivity contribution >= 4 is 0 Å². The van der Waals surface area contributed by atoms with Crippen LogP contribution in [0.15, 0.2) is 24.3 Å². The number of benzene rings is 1. The first-order valence-corrected chi connectivity index (χ1v) is 7.31. The Morgan fingerprint density at radius 1 is 1.21 bits per heavy atom. The minimum Gasteiger partial charge on any atom is -0.297 e. The lowest BCUT2D eigenvalue weighted by molar-refractivity contribution is 0.0912. The molecule has 0 amide bonds. The van der Waals surface area contributed by atoms with E-state index in [-0.39, 0.29) is 11.6 Å². The molecule has 0 fully saturated rings. The second-order valence-corrected chi connectivity index (χ2v) is 5.52. The number of nitrogens with zero attached hydrogens (tertiary/aromatic N) is 1. The molecular weight excluding hydrogens is 234 g/mol. The van der Waals surface area contributed by atoms with Crippen LogP contribution in [0, 0.1) is 0 Å². The predicted octanol–water partition coefficient (Wildman–Crippen LogP) is 2.87. The van der Waals surface area contributed by atoms with Crippen molar-refractivity contribution in [1.82, 2.24) is 10.3 Å². The van der Waals surface area contributed by atoms with Crippen LogP contribution in [0.3, 0.4) is 0 Å². The summed E-state index contributed by atoms with van der Waals surface area (Å²) in [4.78, 5) is 2.44. The summed E-state index contributed by atoms with van der Waals surface area (Å²) < 4.78 is 0. The third-order valence-corrected chi connectivity index (χ3v) is 4.14. The minimum atomic E-state index is -0.0232. The van der Waals surface area contributed by atoms with Gasteiger partial charge in [0.1, 0.15) is 0 Å². The highest BCUT2D eigenvalue weighted by Gasteiger charge is 2.34. The highest BCUT2D eigenvalue weighted by molar-refractivity contribution is 5.28. The Bertz CT molecular complexity index is 383. The van der Waals surface area contributed by atoms with E-state index < -0.39 is 0 Å². The van der Waals surface area contributed by atoms with Crippen molar-refractivity contribution in [3.8, 4) is 0 Å². The summed E-state index contributed by atoms with van der Waals surface area (Å²) in [5.74, 6) is 5.85. The van der Waals surface area contributed by atoms with E-state index in [9.17, 15) is 0 Å². The molecule has 1 aromatic rings. The van der Waals surface area contributed by atoms with Crippen molar-refractivity contribution in [2.24, 2.45) is 5.84 Å². The van der Waals surface area contributed by atoms with Gasteiger partial charge in [-0.1, -0.05) is 45.0 Å². The first-order chi connectivity index (χ1) is 9.01. The van der Waals surface area contributed by atoms with Crippen molar-refractivity contribution < 1.29 is 0 Å². The molecule has 0 bridgehead atoms. The molecule has 1 rings (SSSR count). The van der Waals surface area contributed by atoms with Gasteiger partial charge in [0.25, 0.3) is 0 Å². The number of rotatable bonds is 7. The second kappa shape index (κ2) is 7.04. The van der Waals surface area contributed by atoms with Gasteiger partial charge in [0.05, 0.1) is 6.04 Å². The van der Waals surface area contributed by atoms with Crippen molar-refractivity contribution in [1.29, 1.82) is 0 Å². The van der Waals surface area contributed by atoms with Gasteiger partial charge in [-0.05, 0) is 44.5 Å². The van der Waals surface area contributed by atoms with Crippen LogP contribution in [0.1, 0.15) is 51.8 Å². The Labute approximate surface area is 118 Å². The van der Waals surface area contributed by atoms with E-state index in [2.05, 4.69) is 69.2 Å². The van der Waals surface area contributed by atoms with Crippen LogP contribution >= 0.6 is 0 Å². The molecule has 1 unspecified atom stereocenters. The average Bonchev–Trinajstić information content (AvgIpc) is 2.40. The number of aryl methyl sites for hydroxylation is 1. The van der Waals surface area contributed by atoms with E-state index in [4.69, 9.17) is 5.84 Å². The van der Waals surface area contributed by atoms with Crippen LogP contribution in [0.25, 0.3) is 0 Å². The summed E-state index contributed by atoms with van der Waals surface area (Å²) >= 11 is 0. The lowest BCUT2D eigenvalue weighted by atomic mass is 9.86. The molecule has 0 spiro atoms. The molecule has 108 valence electrons. The Morgan fingerprint density at radius 3 is 2.32 bits per heavy atom. The Hall–Kier alpha value is -0.900. The molecule has 0 aliphatic carbocycles. The molecule has 0 aliphatic rings. The summed E-state index contributed by atoms with van der Waals surface area (Å²) in [5, 5.41) is 0. The maximum Gasteiger partial charge on any atom is 0.0638 e. The molecule has 0 aliphatic heterocycles. The van der Waals surface area contributed by atoms with Gasteiger partial charge in [0, 0.05) is 5.54 Å². The summed E-state index contributed by atoms with van der Waals surface area (Å²) in [7, 11) is 0. The molecular formula is C16H29N3. The normalized spacial score (nSPS) is 13.8. The zero-order chi connectivity index (χ0) is 14.5. The topological polar surface area (TPSA) is 41.3 Å². The summed E-state index contributed by atoms with van der Waals surface area (Å²) in [6.07, 6.45) is 1.05. The van der Waals surface area contributed by atoms with E-state index in [0.29, 0.717) is 0 Å². The molecule has 0 saturated heterocycles. The van der Waals surface area contributed by atoms with E-state index >= 15 is 0 Å². The van der Waals surface area contributed by atoms with E-state index in [1.165, 1.54) is 11.1 Å². The first-order valence-electron chi connectivity index (χ1n) is 7.31. The maximum absolute atomic E-state index is 5.85. The van der Waals surface area contributed by atoms with Crippen LogP contribution in [0.4, 0.5) is 0 Å². The lowest BCUT2D eigenvalue weighted by Crippen LogP contribution is -2.54. The van der Waals surface area contributed by atoms with Crippen molar-refractivity contribution in [2.75, 3.05) is 13.1 Å². The average molecular weight is 263 g/mol. The summed E-state index contributed by atoms with van der Waals surface area (Å²) in [6, 6.07) is 8.84. The molecule has 0 saturated carbocycles. The maximum atomic E-state index is 5.85. The van der Waals surface area contributed by atoms with Crippen LogP contribution in [-0.2, 0) is 6.42 Å². The predicted molar refractivity (Wildman–Crippen MR) is 82.9 cm³/mol. The van der Waals surface area contributed by atoms with Gasteiger partial charge in [-0.25, -0.2) is 0 Å². The van der Waals surface area contributed by atoms with Gasteiger partial charge >= 0.3 is 0 Å². The number of nitrogens with two attached hydrogens (primary N) is 1. The quantitative estimate of drug-likeness (QED) is 0.587. The van der Waals surface area contributed by atoms with Crippen LogP contribution < -0.4 is 11.3 Å². The van der Waals surface area contributed by atoms with Crippen LogP contribution in [0.5, 0.6) is 0 Å². The molecule has 3 heteroatoms. The smallest absolute Gasteiger partial charge is 0.0638 e. The highest BCUT2D eigenvalue weighted by Crippen LogP contribution is 2.30. The second-order valence-electron chi connectivity index (χ2n) is 5.52. The van der Waals surface area contributed by atoms with E-state index in [0.717, 1.165) is 19.5 Å². The van der Waals surface area contributed by atoms with Gasteiger partial charge in [-0.2, -0.15) is 0 Å².